The van der Waals surface area contributed by atoms with E-state index in [0.717, 1.165) is 15.8 Å². The molecule has 4 rings (SSSR count). The molecule has 0 fully saturated rings. The number of fused-ring (bicyclic) bond motifs is 1. The molecular weight excluding hydrogens is 478 g/mol. The number of carbonyl (C=O) groups is 1. The van der Waals surface area contributed by atoms with E-state index in [1.54, 1.807) is 24.3 Å². The van der Waals surface area contributed by atoms with E-state index in [-0.39, 0.29) is 4.90 Å². The minimum atomic E-state index is -3.76. The van der Waals surface area contributed by atoms with Gasteiger partial charge in [0.15, 0.2) is 4.80 Å². The second-order valence-corrected chi connectivity index (χ2v) is 10.8. The number of amides is 1. The third-order valence-corrected chi connectivity index (χ3v) is 8.71. The molecule has 0 aliphatic heterocycles. The number of halogens is 1. The van der Waals surface area contributed by atoms with E-state index in [0.29, 0.717) is 27.6 Å². The molecule has 0 saturated carbocycles. The number of hydrogen-bond acceptors (Lipinski definition) is 4. The maximum Gasteiger partial charge on any atom is 0.279 e. The lowest BCUT2D eigenvalue weighted by Gasteiger charge is -2.19. The predicted octanol–water partition coefficient (Wildman–Crippen LogP) is 5.25. The Kier molecular flexibility index (Phi) is 6.43. The van der Waals surface area contributed by atoms with Gasteiger partial charge in [-0.2, -0.15) is 4.99 Å². The summed E-state index contributed by atoms with van der Waals surface area (Å²) < 4.78 is 30.0. The molecule has 170 valence electrons. The number of hydrogen-bond donors (Lipinski definition) is 0. The van der Waals surface area contributed by atoms with Crippen LogP contribution in [0.25, 0.3) is 10.2 Å². The number of aromatic nitrogens is 1. The molecule has 0 aliphatic carbocycles. The average molecular weight is 500 g/mol. The molecule has 0 unspecified atom stereocenters. The highest BCUT2D eigenvalue weighted by atomic mass is 35.5. The minimum Gasteiger partial charge on any atom is -0.316 e. The summed E-state index contributed by atoms with van der Waals surface area (Å²) in [6.07, 6.45) is 0. The molecule has 9 heteroatoms. The molecular formula is C24H22ClN3O3S2. The summed E-state index contributed by atoms with van der Waals surface area (Å²) >= 11 is 7.73. The van der Waals surface area contributed by atoms with E-state index in [2.05, 4.69) is 4.99 Å². The number of anilines is 1. The summed E-state index contributed by atoms with van der Waals surface area (Å²) in [5, 5.41) is 0.619. The van der Waals surface area contributed by atoms with E-state index < -0.39 is 15.9 Å². The van der Waals surface area contributed by atoms with Crippen LogP contribution in [0.2, 0.25) is 5.02 Å². The third kappa shape index (κ3) is 4.34. The molecule has 0 spiro atoms. The first kappa shape index (κ1) is 23.2. The summed E-state index contributed by atoms with van der Waals surface area (Å²) in [4.78, 5) is 17.8. The smallest absolute Gasteiger partial charge is 0.279 e. The lowest BCUT2D eigenvalue weighted by molar-refractivity contribution is 0.0997. The van der Waals surface area contributed by atoms with Crippen LogP contribution in [0.15, 0.2) is 76.6 Å². The Morgan fingerprint density at radius 1 is 1.06 bits per heavy atom. The van der Waals surface area contributed by atoms with Crippen molar-refractivity contribution in [2.24, 2.45) is 4.99 Å². The highest BCUT2D eigenvalue weighted by molar-refractivity contribution is 7.92. The molecule has 1 amide bonds. The maximum absolute atomic E-state index is 13.0. The molecule has 1 aromatic heterocycles. The van der Waals surface area contributed by atoms with E-state index in [9.17, 15) is 13.2 Å². The highest BCUT2D eigenvalue weighted by Crippen LogP contribution is 2.29. The van der Waals surface area contributed by atoms with Gasteiger partial charge in [0.25, 0.3) is 15.9 Å². The van der Waals surface area contributed by atoms with Gasteiger partial charge in [-0.15, -0.1) is 0 Å². The third-order valence-electron chi connectivity index (χ3n) is 5.37. The van der Waals surface area contributed by atoms with Gasteiger partial charge in [-0.25, -0.2) is 8.42 Å². The zero-order chi connectivity index (χ0) is 23.8. The zero-order valence-electron chi connectivity index (χ0n) is 18.3. The number of sulfonamides is 1. The Bertz CT molecular complexity index is 1510. The number of aryl methyl sites for hydroxylation is 2. The molecule has 0 saturated heterocycles. The van der Waals surface area contributed by atoms with Crippen LogP contribution < -0.4 is 9.11 Å². The van der Waals surface area contributed by atoms with Crippen molar-refractivity contribution in [2.45, 2.75) is 25.3 Å². The van der Waals surface area contributed by atoms with Gasteiger partial charge < -0.3 is 4.57 Å². The zero-order valence-corrected chi connectivity index (χ0v) is 20.7. The quantitative estimate of drug-likeness (QED) is 0.376. The van der Waals surface area contributed by atoms with Gasteiger partial charge >= 0.3 is 0 Å². The van der Waals surface area contributed by atoms with Crippen molar-refractivity contribution < 1.29 is 13.2 Å². The van der Waals surface area contributed by atoms with E-state index in [1.165, 1.54) is 47.0 Å². The number of benzene rings is 3. The van der Waals surface area contributed by atoms with Crippen LogP contribution in [0.5, 0.6) is 0 Å². The number of nitrogens with zero attached hydrogens (tertiary/aromatic N) is 3. The number of para-hydroxylation sites is 1. The van der Waals surface area contributed by atoms with Crippen LogP contribution in [0.3, 0.4) is 0 Å². The molecule has 0 bridgehead atoms. The molecule has 0 radical (unpaired) electrons. The predicted molar refractivity (Wildman–Crippen MR) is 134 cm³/mol. The fraction of sp³-hybridized carbons (Fsp3) is 0.167. The standard InChI is InChI=1S/C24H22ClN3O3S2/c1-4-28-21-16(2)10-15-20(25)22(21)32-24(28)26-23(29)17-11-13-19(14-12-17)33(30,31)27(3)18-8-6-5-7-9-18/h5-15H,4H2,1-3H3. The van der Waals surface area contributed by atoms with Crippen LogP contribution >= 0.6 is 22.9 Å². The molecule has 1 heterocycles. The molecule has 0 atom stereocenters. The number of carbonyl (C=O) groups excluding carboxylic acids is 1. The lowest BCUT2D eigenvalue weighted by Crippen LogP contribution is -2.26. The second-order valence-electron chi connectivity index (χ2n) is 7.42. The average Bonchev–Trinajstić information content (AvgIpc) is 3.21. The van der Waals surface area contributed by atoms with Crippen LogP contribution in [0, 0.1) is 6.92 Å². The molecule has 33 heavy (non-hydrogen) atoms. The van der Waals surface area contributed by atoms with Crippen molar-refractivity contribution in [1.29, 1.82) is 0 Å². The van der Waals surface area contributed by atoms with Crippen LogP contribution in [-0.4, -0.2) is 25.9 Å². The summed E-state index contributed by atoms with van der Waals surface area (Å²) in [5.74, 6) is -0.446. The maximum atomic E-state index is 13.0. The molecule has 6 nitrogen and oxygen atoms in total. The Morgan fingerprint density at radius 3 is 2.36 bits per heavy atom. The van der Waals surface area contributed by atoms with E-state index >= 15 is 0 Å². The van der Waals surface area contributed by atoms with Crippen molar-refractivity contribution in [1.82, 2.24) is 4.57 Å². The SMILES string of the molecule is CCn1c(=NC(=O)c2ccc(S(=O)(=O)N(C)c3ccccc3)cc2)sc2c(Cl)ccc(C)c21. The van der Waals surface area contributed by atoms with E-state index in [1.807, 2.05) is 36.6 Å². The van der Waals surface area contributed by atoms with Gasteiger partial charge in [-0.3, -0.25) is 9.10 Å². The van der Waals surface area contributed by atoms with Crippen LogP contribution in [-0.2, 0) is 16.6 Å². The van der Waals surface area contributed by atoms with Crippen molar-refractivity contribution in [3.05, 3.63) is 87.7 Å². The van der Waals surface area contributed by atoms with Crippen LogP contribution in [0.4, 0.5) is 5.69 Å². The largest absolute Gasteiger partial charge is 0.316 e. The Labute approximate surface area is 201 Å². The van der Waals surface area contributed by atoms with Gasteiger partial charge in [0.1, 0.15) is 0 Å². The van der Waals surface area contributed by atoms with Crippen LogP contribution in [0.1, 0.15) is 22.8 Å². The van der Waals surface area contributed by atoms with Gasteiger partial charge in [-0.05, 0) is 61.9 Å². The second kappa shape index (κ2) is 9.13. The summed E-state index contributed by atoms with van der Waals surface area (Å²) in [6, 6.07) is 18.4. The molecule has 0 aliphatic rings. The lowest BCUT2D eigenvalue weighted by atomic mass is 10.2. The van der Waals surface area contributed by atoms with Gasteiger partial charge in [0.2, 0.25) is 0 Å². The highest BCUT2D eigenvalue weighted by Gasteiger charge is 2.21. The van der Waals surface area contributed by atoms with E-state index in [4.69, 9.17) is 11.6 Å². The van der Waals surface area contributed by atoms with Gasteiger partial charge in [-0.1, -0.05) is 47.2 Å². The minimum absolute atomic E-state index is 0.0956. The fourth-order valence-electron chi connectivity index (χ4n) is 3.55. The Hall–Kier alpha value is -2.94. The van der Waals surface area contributed by atoms with Gasteiger partial charge in [0.05, 0.1) is 25.8 Å². The number of rotatable bonds is 5. The first-order valence-electron chi connectivity index (χ1n) is 10.3. The Morgan fingerprint density at radius 2 is 1.73 bits per heavy atom. The molecule has 3 aromatic carbocycles. The Balaban J connectivity index is 1.68. The normalized spacial score (nSPS) is 12.3. The van der Waals surface area contributed by atoms with Crippen molar-refractivity contribution in [3.8, 4) is 0 Å². The summed E-state index contributed by atoms with van der Waals surface area (Å²) in [7, 11) is -2.26. The molecule has 4 aromatic rings. The summed E-state index contributed by atoms with van der Waals surface area (Å²) in [5.41, 5.74) is 2.88. The summed E-state index contributed by atoms with van der Waals surface area (Å²) in [6.45, 7) is 4.62. The molecule has 0 N–H and O–H groups in total. The fourth-order valence-corrected chi connectivity index (χ4v) is 6.19. The van der Waals surface area contributed by atoms with Crippen molar-refractivity contribution in [2.75, 3.05) is 11.4 Å². The topological polar surface area (TPSA) is 71.7 Å². The first-order chi connectivity index (χ1) is 15.7. The van der Waals surface area contributed by atoms with Crippen molar-refractivity contribution in [3.63, 3.8) is 0 Å². The first-order valence-corrected chi connectivity index (χ1v) is 12.9. The number of thiazole rings is 1. The van der Waals surface area contributed by atoms with Crippen molar-refractivity contribution >= 4 is 54.8 Å². The van der Waals surface area contributed by atoms with Gasteiger partial charge in [0, 0.05) is 19.2 Å². The monoisotopic (exact) mass is 499 g/mol.